The minimum absolute atomic E-state index is 0.351. The zero-order valence-electron chi connectivity index (χ0n) is 11.1. The summed E-state index contributed by atoms with van der Waals surface area (Å²) in [6.07, 6.45) is 4.52. The molecule has 0 saturated heterocycles. The third-order valence-corrected chi connectivity index (χ3v) is 4.44. The number of fused-ring (bicyclic) bond motifs is 1. The molecule has 1 nitrogen and oxygen atoms in total. The molecule has 1 N–H and O–H groups in total. The van der Waals surface area contributed by atoms with E-state index in [1.165, 1.54) is 17.5 Å². The van der Waals surface area contributed by atoms with Crippen LogP contribution in [0.3, 0.4) is 0 Å². The van der Waals surface area contributed by atoms with Crippen LogP contribution in [-0.4, -0.2) is 6.54 Å². The number of rotatable bonds is 3. The van der Waals surface area contributed by atoms with Gasteiger partial charge in [0.25, 0.3) is 0 Å². The Labute approximate surface area is 120 Å². The van der Waals surface area contributed by atoms with E-state index in [1.54, 1.807) is 0 Å². The molecule has 0 bridgehead atoms. The number of nitrogens with one attached hydrogen (secondary N) is 1. The van der Waals surface area contributed by atoms with Crippen LogP contribution in [0.1, 0.15) is 50.3 Å². The van der Waals surface area contributed by atoms with Crippen LogP contribution >= 0.6 is 23.2 Å². The molecule has 2 atom stereocenters. The van der Waals surface area contributed by atoms with Crippen molar-refractivity contribution >= 4 is 23.2 Å². The fourth-order valence-electron chi connectivity index (χ4n) is 2.77. The second kappa shape index (κ2) is 6.27. The van der Waals surface area contributed by atoms with E-state index >= 15 is 0 Å². The van der Waals surface area contributed by atoms with E-state index in [4.69, 9.17) is 23.2 Å². The van der Waals surface area contributed by atoms with Crippen LogP contribution in [0.25, 0.3) is 0 Å². The maximum absolute atomic E-state index is 6.41. The first kappa shape index (κ1) is 14.2. The average molecular weight is 286 g/mol. The van der Waals surface area contributed by atoms with Crippen LogP contribution < -0.4 is 5.32 Å². The van der Waals surface area contributed by atoms with E-state index in [0.717, 1.165) is 35.9 Å². The Hall–Kier alpha value is -0.240. The molecule has 2 unspecified atom stereocenters. The summed E-state index contributed by atoms with van der Waals surface area (Å²) >= 11 is 12.8. The first-order valence-electron chi connectivity index (χ1n) is 6.83. The van der Waals surface area contributed by atoms with Gasteiger partial charge in [-0.05, 0) is 61.4 Å². The summed E-state index contributed by atoms with van der Waals surface area (Å²) in [6, 6.07) is 4.21. The minimum Gasteiger partial charge on any atom is -0.310 e. The number of hydrogen-bond donors (Lipinski definition) is 1. The highest BCUT2D eigenvalue weighted by Gasteiger charge is 2.25. The Bertz CT molecular complexity index is 417. The van der Waals surface area contributed by atoms with Crippen LogP contribution in [0.5, 0.6) is 0 Å². The lowest BCUT2D eigenvalue weighted by Gasteiger charge is -2.22. The van der Waals surface area contributed by atoms with Crippen molar-refractivity contribution in [2.75, 3.05) is 6.54 Å². The largest absolute Gasteiger partial charge is 0.310 e. The van der Waals surface area contributed by atoms with Gasteiger partial charge in [-0.1, -0.05) is 37.0 Å². The van der Waals surface area contributed by atoms with E-state index in [1.807, 2.05) is 12.1 Å². The standard InChI is InChI=1S/C15H21Cl2N/c1-3-8-18-14-9-10(2)4-5-11-12(16)6-7-13(17)15(11)14/h6-7,10,14,18H,3-5,8-9H2,1-2H3. The van der Waals surface area contributed by atoms with Crippen LogP contribution in [0.2, 0.25) is 10.0 Å². The number of halogens is 2. The van der Waals surface area contributed by atoms with Gasteiger partial charge < -0.3 is 5.32 Å². The summed E-state index contributed by atoms with van der Waals surface area (Å²) in [5.74, 6) is 0.707. The van der Waals surface area contributed by atoms with Crippen molar-refractivity contribution in [1.29, 1.82) is 0 Å². The topological polar surface area (TPSA) is 12.0 Å². The van der Waals surface area contributed by atoms with E-state index in [0.29, 0.717) is 12.0 Å². The van der Waals surface area contributed by atoms with Crippen molar-refractivity contribution in [3.63, 3.8) is 0 Å². The molecule has 0 amide bonds. The fourth-order valence-corrected chi connectivity index (χ4v) is 3.34. The second-order valence-electron chi connectivity index (χ2n) is 5.31. The predicted octanol–water partition coefficient (Wildman–Crippen LogP) is 5.01. The molecule has 1 aromatic carbocycles. The average Bonchev–Trinajstić information content (AvgIpc) is 2.51. The molecule has 18 heavy (non-hydrogen) atoms. The molecule has 1 aromatic rings. The zero-order chi connectivity index (χ0) is 13.1. The molecule has 0 heterocycles. The maximum atomic E-state index is 6.41. The minimum atomic E-state index is 0.351. The monoisotopic (exact) mass is 285 g/mol. The van der Waals surface area contributed by atoms with Gasteiger partial charge in [0.15, 0.2) is 0 Å². The summed E-state index contributed by atoms with van der Waals surface area (Å²) in [5, 5.41) is 5.35. The van der Waals surface area contributed by atoms with Crippen molar-refractivity contribution < 1.29 is 0 Å². The summed E-state index contributed by atoms with van der Waals surface area (Å²) in [7, 11) is 0. The first-order valence-corrected chi connectivity index (χ1v) is 7.59. The molecule has 0 radical (unpaired) electrons. The second-order valence-corrected chi connectivity index (χ2v) is 6.12. The lowest BCUT2D eigenvalue weighted by Crippen LogP contribution is -2.24. The molecular formula is C15H21Cl2N. The molecule has 3 heteroatoms. The molecule has 0 saturated carbocycles. The SMILES string of the molecule is CCCNC1CC(C)CCc2c(Cl)ccc(Cl)c21. The summed E-state index contributed by atoms with van der Waals surface area (Å²) < 4.78 is 0. The van der Waals surface area contributed by atoms with Gasteiger partial charge in [0.1, 0.15) is 0 Å². The molecule has 1 aliphatic rings. The van der Waals surface area contributed by atoms with Crippen molar-refractivity contribution in [1.82, 2.24) is 5.32 Å². The van der Waals surface area contributed by atoms with Crippen molar-refractivity contribution in [3.8, 4) is 0 Å². The van der Waals surface area contributed by atoms with Gasteiger partial charge in [-0.25, -0.2) is 0 Å². The van der Waals surface area contributed by atoms with E-state index in [9.17, 15) is 0 Å². The molecule has 100 valence electrons. The van der Waals surface area contributed by atoms with Gasteiger partial charge in [0, 0.05) is 16.1 Å². The number of benzene rings is 1. The van der Waals surface area contributed by atoms with Crippen LogP contribution in [0, 0.1) is 5.92 Å². The molecular weight excluding hydrogens is 265 g/mol. The molecule has 0 aliphatic heterocycles. The highest BCUT2D eigenvalue weighted by molar-refractivity contribution is 6.34. The maximum Gasteiger partial charge on any atom is 0.0457 e. The predicted molar refractivity (Wildman–Crippen MR) is 79.6 cm³/mol. The summed E-state index contributed by atoms with van der Waals surface area (Å²) in [6.45, 7) is 5.53. The van der Waals surface area contributed by atoms with Gasteiger partial charge in [-0.2, -0.15) is 0 Å². The van der Waals surface area contributed by atoms with Gasteiger partial charge in [-0.15, -0.1) is 0 Å². The van der Waals surface area contributed by atoms with Gasteiger partial charge in [0.05, 0.1) is 0 Å². The highest BCUT2D eigenvalue weighted by atomic mass is 35.5. The Morgan fingerprint density at radius 1 is 1.28 bits per heavy atom. The fraction of sp³-hybridized carbons (Fsp3) is 0.600. The van der Waals surface area contributed by atoms with Crippen molar-refractivity contribution in [2.45, 2.75) is 45.6 Å². The van der Waals surface area contributed by atoms with Crippen LogP contribution in [-0.2, 0) is 6.42 Å². The van der Waals surface area contributed by atoms with E-state index in [-0.39, 0.29) is 0 Å². The molecule has 0 aromatic heterocycles. The lowest BCUT2D eigenvalue weighted by atomic mass is 9.96. The van der Waals surface area contributed by atoms with Crippen molar-refractivity contribution in [3.05, 3.63) is 33.3 Å². The molecule has 0 fully saturated rings. The lowest BCUT2D eigenvalue weighted by molar-refractivity contribution is 0.409. The Kier molecular flexibility index (Phi) is 4.94. The Morgan fingerprint density at radius 3 is 2.72 bits per heavy atom. The quantitative estimate of drug-likeness (QED) is 0.770. The normalized spacial score (nSPS) is 23.6. The highest BCUT2D eigenvalue weighted by Crippen LogP contribution is 2.39. The number of hydrogen-bond acceptors (Lipinski definition) is 1. The molecule has 1 aliphatic carbocycles. The van der Waals surface area contributed by atoms with E-state index < -0.39 is 0 Å². The molecule has 2 rings (SSSR count). The zero-order valence-corrected chi connectivity index (χ0v) is 12.6. The summed E-state index contributed by atoms with van der Waals surface area (Å²) in [5.41, 5.74) is 2.49. The third kappa shape index (κ3) is 3.01. The van der Waals surface area contributed by atoms with Gasteiger partial charge in [0.2, 0.25) is 0 Å². The van der Waals surface area contributed by atoms with Crippen LogP contribution in [0.15, 0.2) is 12.1 Å². The van der Waals surface area contributed by atoms with E-state index in [2.05, 4.69) is 19.2 Å². The Morgan fingerprint density at radius 2 is 2.00 bits per heavy atom. The Balaban J connectivity index is 2.39. The third-order valence-electron chi connectivity index (χ3n) is 3.76. The first-order chi connectivity index (χ1) is 8.63. The van der Waals surface area contributed by atoms with Gasteiger partial charge >= 0.3 is 0 Å². The van der Waals surface area contributed by atoms with Crippen molar-refractivity contribution in [2.24, 2.45) is 5.92 Å². The summed E-state index contributed by atoms with van der Waals surface area (Å²) in [4.78, 5) is 0. The van der Waals surface area contributed by atoms with Crippen LogP contribution in [0.4, 0.5) is 0 Å². The molecule has 0 spiro atoms. The smallest absolute Gasteiger partial charge is 0.0457 e. The van der Waals surface area contributed by atoms with Gasteiger partial charge in [-0.3, -0.25) is 0 Å².